The summed E-state index contributed by atoms with van der Waals surface area (Å²) in [6.07, 6.45) is 0.120. The van der Waals surface area contributed by atoms with Gasteiger partial charge >= 0.3 is 0 Å². The monoisotopic (exact) mass is 353 g/mol. The van der Waals surface area contributed by atoms with Gasteiger partial charge in [0.1, 0.15) is 5.25 Å². The van der Waals surface area contributed by atoms with Crippen molar-refractivity contribution in [2.45, 2.75) is 25.1 Å². The number of aliphatic imine (C=N–C) groups is 1. The summed E-state index contributed by atoms with van der Waals surface area (Å²) in [5, 5.41) is 5.69. The Kier molecular flexibility index (Phi) is 5.50. The summed E-state index contributed by atoms with van der Waals surface area (Å²) >= 11 is 1.31. The van der Waals surface area contributed by atoms with Crippen molar-refractivity contribution in [3.8, 4) is 0 Å². The average Bonchev–Trinajstić information content (AvgIpc) is 2.96. The van der Waals surface area contributed by atoms with Crippen LogP contribution in [0.2, 0.25) is 0 Å². The lowest BCUT2D eigenvalue weighted by Gasteiger charge is -2.07. The van der Waals surface area contributed by atoms with Crippen LogP contribution in [0.4, 0.5) is 5.69 Å². The molecule has 2 aromatic rings. The first kappa shape index (κ1) is 17.2. The zero-order chi connectivity index (χ0) is 17.6. The molecule has 0 radical (unpaired) electrons. The molecule has 0 saturated carbocycles. The number of anilines is 1. The molecule has 0 spiro atoms. The van der Waals surface area contributed by atoms with Crippen molar-refractivity contribution >= 4 is 34.4 Å². The van der Waals surface area contributed by atoms with E-state index in [0.717, 1.165) is 16.8 Å². The topological polar surface area (TPSA) is 70.6 Å². The number of thioether (sulfide) groups is 1. The number of carbonyl (C=O) groups is 2. The Balaban J connectivity index is 1.53. The molecule has 1 aliphatic heterocycles. The molecule has 0 bridgehead atoms. The third-order valence-corrected chi connectivity index (χ3v) is 4.85. The van der Waals surface area contributed by atoms with E-state index in [-0.39, 0.29) is 18.2 Å². The van der Waals surface area contributed by atoms with Gasteiger partial charge in [-0.2, -0.15) is 0 Å². The summed E-state index contributed by atoms with van der Waals surface area (Å²) in [7, 11) is 0. The van der Waals surface area contributed by atoms with Gasteiger partial charge in [-0.05, 0) is 24.6 Å². The molecule has 6 heteroatoms. The SMILES string of the molecule is Cc1ccc(NC(=O)C[C@@H]2SC(=NCc3ccccc3)NC2=O)cc1. The van der Waals surface area contributed by atoms with E-state index in [4.69, 9.17) is 0 Å². The zero-order valence-electron chi connectivity index (χ0n) is 13.9. The Morgan fingerprint density at radius 2 is 1.88 bits per heavy atom. The summed E-state index contributed by atoms with van der Waals surface area (Å²) in [4.78, 5) is 28.6. The first-order valence-electron chi connectivity index (χ1n) is 8.02. The molecular formula is C19H19N3O2S. The number of aryl methyl sites for hydroxylation is 1. The van der Waals surface area contributed by atoms with E-state index in [9.17, 15) is 9.59 Å². The van der Waals surface area contributed by atoms with Crippen molar-refractivity contribution in [2.24, 2.45) is 4.99 Å². The highest BCUT2D eigenvalue weighted by Crippen LogP contribution is 2.23. The first-order valence-corrected chi connectivity index (χ1v) is 8.90. The minimum atomic E-state index is -0.444. The Bertz CT molecular complexity index is 788. The quantitative estimate of drug-likeness (QED) is 0.868. The van der Waals surface area contributed by atoms with Crippen molar-refractivity contribution in [1.29, 1.82) is 0 Å². The van der Waals surface area contributed by atoms with Gasteiger partial charge in [0, 0.05) is 12.1 Å². The smallest absolute Gasteiger partial charge is 0.240 e. The maximum absolute atomic E-state index is 12.1. The molecular weight excluding hydrogens is 334 g/mol. The standard InChI is InChI=1S/C19H19N3O2S/c1-13-7-9-15(10-8-13)21-17(23)11-16-18(24)22-19(25-16)20-12-14-5-3-2-4-6-14/h2-10,16H,11-12H2,1H3,(H,21,23)(H,20,22,24)/t16-/m0/s1. The van der Waals surface area contributed by atoms with Gasteiger partial charge in [-0.1, -0.05) is 59.8 Å². The lowest BCUT2D eigenvalue weighted by molar-refractivity contribution is -0.122. The molecule has 25 heavy (non-hydrogen) atoms. The second kappa shape index (κ2) is 7.98. The van der Waals surface area contributed by atoms with E-state index in [1.54, 1.807) is 0 Å². The number of amidine groups is 1. The molecule has 1 aliphatic rings. The number of nitrogens with one attached hydrogen (secondary N) is 2. The Morgan fingerprint density at radius 1 is 1.16 bits per heavy atom. The van der Waals surface area contributed by atoms with Crippen LogP contribution in [-0.4, -0.2) is 22.2 Å². The predicted molar refractivity (Wildman–Crippen MR) is 102 cm³/mol. The third-order valence-electron chi connectivity index (χ3n) is 3.73. The molecule has 3 rings (SSSR count). The molecule has 2 amide bonds. The lowest BCUT2D eigenvalue weighted by Crippen LogP contribution is -2.28. The van der Waals surface area contributed by atoms with Gasteiger partial charge in [-0.3, -0.25) is 14.6 Å². The second-order valence-electron chi connectivity index (χ2n) is 5.82. The van der Waals surface area contributed by atoms with Gasteiger partial charge < -0.3 is 10.6 Å². The summed E-state index contributed by atoms with van der Waals surface area (Å²) in [5.74, 6) is -0.350. The summed E-state index contributed by atoms with van der Waals surface area (Å²) < 4.78 is 0. The van der Waals surface area contributed by atoms with Gasteiger partial charge in [-0.15, -0.1) is 0 Å². The number of hydrogen-bond donors (Lipinski definition) is 2. The third kappa shape index (κ3) is 4.93. The number of hydrogen-bond acceptors (Lipinski definition) is 4. The molecule has 2 aromatic carbocycles. The van der Waals surface area contributed by atoms with Crippen LogP contribution >= 0.6 is 11.8 Å². The molecule has 0 aliphatic carbocycles. The Hall–Kier alpha value is -2.60. The van der Waals surface area contributed by atoms with Crippen LogP contribution in [0.25, 0.3) is 0 Å². The van der Waals surface area contributed by atoms with Crippen LogP contribution in [0.3, 0.4) is 0 Å². The van der Waals surface area contributed by atoms with Crippen LogP contribution in [0.5, 0.6) is 0 Å². The molecule has 1 saturated heterocycles. The molecule has 128 valence electrons. The molecule has 1 atom stereocenters. The Morgan fingerprint density at radius 3 is 2.60 bits per heavy atom. The van der Waals surface area contributed by atoms with Gasteiger partial charge in [0.25, 0.3) is 0 Å². The van der Waals surface area contributed by atoms with Gasteiger partial charge in [-0.25, -0.2) is 0 Å². The minimum Gasteiger partial charge on any atom is -0.326 e. The van der Waals surface area contributed by atoms with E-state index in [1.807, 2.05) is 61.5 Å². The Labute approximate surface area is 150 Å². The van der Waals surface area contributed by atoms with Crippen LogP contribution in [0.15, 0.2) is 59.6 Å². The fourth-order valence-electron chi connectivity index (χ4n) is 2.38. The summed E-state index contributed by atoms with van der Waals surface area (Å²) in [6, 6.07) is 17.4. The number of rotatable bonds is 5. The van der Waals surface area contributed by atoms with Gasteiger partial charge in [0.05, 0.1) is 6.54 Å². The highest BCUT2D eigenvalue weighted by atomic mass is 32.2. The molecule has 2 N–H and O–H groups in total. The highest BCUT2D eigenvalue weighted by Gasteiger charge is 2.31. The van der Waals surface area contributed by atoms with Crippen LogP contribution < -0.4 is 10.6 Å². The van der Waals surface area contributed by atoms with Crippen molar-refractivity contribution in [3.05, 3.63) is 65.7 Å². The number of nitrogens with zero attached hydrogens (tertiary/aromatic N) is 1. The maximum atomic E-state index is 12.1. The largest absolute Gasteiger partial charge is 0.326 e. The minimum absolute atomic E-state index is 0.120. The molecule has 5 nitrogen and oxygen atoms in total. The first-order chi connectivity index (χ1) is 12.1. The summed E-state index contributed by atoms with van der Waals surface area (Å²) in [6.45, 7) is 2.49. The van der Waals surface area contributed by atoms with Crippen molar-refractivity contribution in [2.75, 3.05) is 5.32 Å². The molecule has 0 aromatic heterocycles. The van der Waals surface area contributed by atoms with Crippen LogP contribution in [0.1, 0.15) is 17.5 Å². The van der Waals surface area contributed by atoms with E-state index < -0.39 is 5.25 Å². The molecule has 1 fully saturated rings. The van der Waals surface area contributed by atoms with Gasteiger partial charge in [0.2, 0.25) is 11.8 Å². The number of amides is 2. The normalized spacial score (nSPS) is 18.2. The maximum Gasteiger partial charge on any atom is 0.240 e. The fourth-order valence-corrected chi connectivity index (χ4v) is 3.35. The van der Waals surface area contributed by atoms with Gasteiger partial charge in [0.15, 0.2) is 5.17 Å². The lowest BCUT2D eigenvalue weighted by atomic mass is 10.2. The van der Waals surface area contributed by atoms with E-state index in [0.29, 0.717) is 11.7 Å². The average molecular weight is 353 g/mol. The van der Waals surface area contributed by atoms with E-state index >= 15 is 0 Å². The number of benzene rings is 2. The summed E-state index contributed by atoms with van der Waals surface area (Å²) in [5.41, 5.74) is 2.94. The fraction of sp³-hybridized carbons (Fsp3) is 0.211. The molecule has 0 unspecified atom stereocenters. The predicted octanol–water partition coefficient (Wildman–Crippen LogP) is 3.11. The van der Waals surface area contributed by atoms with Crippen molar-refractivity contribution in [3.63, 3.8) is 0 Å². The zero-order valence-corrected chi connectivity index (χ0v) is 14.7. The van der Waals surface area contributed by atoms with Crippen LogP contribution in [0, 0.1) is 6.92 Å². The molecule has 1 heterocycles. The van der Waals surface area contributed by atoms with Crippen molar-refractivity contribution in [1.82, 2.24) is 5.32 Å². The van der Waals surface area contributed by atoms with Crippen molar-refractivity contribution < 1.29 is 9.59 Å². The van der Waals surface area contributed by atoms with E-state index in [1.165, 1.54) is 11.8 Å². The van der Waals surface area contributed by atoms with Crippen LogP contribution in [-0.2, 0) is 16.1 Å². The van der Waals surface area contributed by atoms with E-state index in [2.05, 4.69) is 15.6 Å². The second-order valence-corrected chi connectivity index (χ2v) is 7.01. The number of carbonyl (C=O) groups excluding carboxylic acids is 2. The highest BCUT2D eigenvalue weighted by molar-refractivity contribution is 8.15.